The molecule has 0 spiro atoms. The minimum absolute atomic E-state index is 0.239. The van der Waals surface area contributed by atoms with E-state index in [-0.39, 0.29) is 6.03 Å². The highest BCUT2D eigenvalue weighted by atomic mass is 16.5. The highest BCUT2D eigenvalue weighted by Gasteiger charge is 2.03. The van der Waals surface area contributed by atoms with Gasteiger partial charge in [-0.3, -0.25) is 4.79 Å². The van der Waals surface area contributed by atoms with Crippen LogP contribution in [0.5, 0.6) is 5.75 Å². The van der Waals surface area contributed by atoms with Crippen molar-refractivity contribution < 1.29 is 14.3 Å². The summed E-state index contributed by atoms with van der Waals surface area (Å²) < 4.78 is 5.78. The molecule has 6 heteroatoms. The lowest BCUT2D eigenvalue weighted by atomic mass is 10.1. The summed E-state index contributed by atoms with van der Waals surface area (Å²) >= 11 is 0. The molecule has 3 amide bonds. The number of nitrogens with one attached hydrogen (secondary N) is 2. The van der Waals surface area contributed by atoms with Crippen molar-refractivity contribution in [3.8, 4) is 5.75 Å². The molecule has 6 nitrogen and oxygen atoms in total. The third-order valence-corrected chi connectivity index (χ3v) is 4.56. The highest BCUT2D eigenvalue weighted by molar-refractivity contribution is 5.92. The molecule has 0 radical (unpaired) electrons. The Labute approximate surface area is 176 Å². The number of hydrogen-bond donors (Lipinski definition) is 3. The predicted octanol–water partition coefficient (Wildman–Crippen LogP) is 3.41. The monoisotopic (exact) mass is 403 g/mol. The molecule has 0 fully saturated rings. The Bertz CT molecular complexity index is 955. The molecule has 30 heavy (non-hydrogen) atoms. The second kappa shape index (κ2) is 10.7. The summed E-state index contributed by atoms with van der Waals surface area (Å²) in [6.45, 7) is 1.43. The van der Waals surface area contributed by atoms with Crippen LogP contribution >= 0.6 is 0 Å². The molecule has 3 aromatic rings. The van der Waals surface area contributed by atoms with E-state index >= 15 is 0 Å². The van der Waals surface area contributed by atoms with Crippen LogP contribution in [0.2, 0.25) is 0 Å². The van der Waals surface area contributed by atoms with Gasteiger partial charge in [0.25, 0.3) is 0 Å². The van der Waals surface area contributed by atoms with Gasteiger partial charge in [-0.1, -0.05) is 54.6 Å². The summed E-state index contributed by atoms with van der Waals surface area (Å²) in [5.74, 6) is 0.346. The Morgan fingerprint density at radius 1 is 0.767 bits per heavy atom. The summed E-state index contributed by atoms with van der Waals surface area (Å²) in [5, 5.41) is 5.63. The number of urea groups is 1. The van der Waals surface area contributed by atoms with Crippen LogP contribution in [0.4, 0.5) is 4.79 Å². The van der Waals surface area contributed by atoms with Crippen molar-refractivity contribution in [1.82, 2.24) is 10.6 Å². The average Bonchev–Trinajstić information content (AvgIpc) is 2.78. The zero-order valence-electron chi connectivity index (χ0n) is 16.6. The largest absolute Gasteiger partial charge is 0.489 e. The van der Waals surface area contributed by atoms with Crippen LogP contribution in [-0.2, 0) is 19.6 Å². The molecule has 0 bridgehead atoms. The van der Waals surface area contributed by atoms with Gasteiger partial charge < -0.3 is 21.1 Å². The Balaban J connectivity index is 1.35. The Morgan fingerprint density at radius 2 is 1.43 bits per heavy atom. The van der Waals surface area contributed by atoms with Crippen molar-refractivity contribution >= 4 is 11.9 Å². The molecule has 4 N–H and O–H groups in total. The highest BCUT2D eigenvalue weighted by Crippen LogP contribution is 2.14. The van der Waals surface area contributed by atoms with Gasteiger partial charge in [-0.15, -0.1) is 0 Å². The maximum absolute atomic E-state index is 11.9. The quantitative estimate of drug-likeness (QED) is 0.511. The summed E-state index contributed by atoms with van der Waals surface area (Å²) in [4.78, 5) is 23.0. The van der Waals surface area contributed by atoms with Crippen LogP contribution in [-0.4, -0.2) is 18.5 Å². The minimum Gasteiger partial charge on any atom is -0.489 e. The molecule has 0 heterocycles. The lowest BCUT2D eigenvalue weighted by molar-refractivity contribution is 0.1000. The second-order valence-corrected chi connectivity index (χ2v) is 6.84. The van der Waals surface area contributed by atoms with E-state index in [4.69, 9.17) is 10.5 Å². The van der Waals surface area contributed by atoms with Crippen LogP contribution in [0.15, 0.2) is 78.9 Å². The van der Waals surface area contributed by atoms with E-state index in [0.717, 1.165) is 28.9 Å². The van der Waals surface area contributed by atoms with E-state index in [1.54, 1.807) is 24.3 Å². The average molecular weight is 403 g/mol. The van der Waals surface area contributed by atoms with E-state index < -0.39 is 5.91 Å². The topological polar surface area (TPSA) is 93.5 Å². The lowest BCUT2D eigenvalue weighted by Gasteiger charge is -2.09. The zero-order chi connectivity index (χ0) is 21.2. The normalized spacial score (nSPS) is 10.3. The van der Waals surface area contributed by atoms with Crippen LogP contribution in [0.25, 0.3) is 0 Å². The fraction of sp³-hybridized carbons (Fsp3) is 0.167. The van der Waals surface area contributed by atoms with Gasteiger partial charge in [-0.05, 0) is 47.4 Å². The van der Waals surface area contributed by atoms with Crippen molar-refractivity contribution in [2.24, 2.45) is 5.73 Å². The SMILES string of the molecule is NC(=O)c1ccc(CNC(=O)NCCc2ccc(OCc3ccccc3)cc2)cc1. The van der Waals surface area contributed by atoms with Crippen LogP contribution in [0, 0.1) is 0 Å². The maximum atomic E-state index is 11.9. The first-order valence-electron chi connectivity index (χ1n) is 9.76. The molecule has 0 atom stereocenters. The van der Waals surface area contributed by atoms with Crippen molar-refractivity contribution in [1.29, 1.82) is 0 Å². The van der Waals surface area contributed by atoms with Gasteiger partial charge in [0.2, 0.25) is 5.91 Å². The van der Waals surface area contributed by atoms with Gasteiger partial charge in [0.1, 0.15) is 12.4 Å². The molecular formula is C24H25N3O3. The number of ether oxygens (including phenoxy) is 1. The van der Waals surface area contributed by atoms with Gasteiger partial charge in [0.05, 0.1) is 0 Å². The first kappa shape index (κ1) is 20.9. The lowest BCUT2D eigenvalue weighted by Crippen LogP contribution is -2.36. The van der Waals surface area contributed by atoms with E-state index in [1.165, 1.54) is 0 Å². The zero-order valence-corrected chi connectivity index (χ0v) is 16.6. The number of carbonyl (C=O) groups excluding carboxylic acids is 2. The van der Waals surface area contributed by atoms with E-state index in [0.29, 0.717) is 25.3 Å². The predicted molar refractivity (Wildman–Crippen MR) is 116 cm³/mol. The number of rotatable bonds is 9. The Hall–Kier alpha value is -3.80. The van der Waals surface area contributed by atoms with Crippen molar-refractivity contribution in [3.63, 3.8) is 0 Å². The van der Waals surface area contributed by atoms with Gasteiger partial charge >= 0.3 is 6.03 Å². The van der Waals surface area contributed by atoms with Crippen LogP contribution in [0.1, 0.15) is 27.0 Å². The third-order valence-electron chi connectivity index (χ3n) is 4.56. The van der Waals surface area contributed by atoms with Crippen molar-refractivity contribution in [2.45, 2.75) is 19.6 Å². The summed E-state index contributed by atoms with van der Waals surface area (Å²) in [6.07, 6.45) is 0.722. The van der Waals surface area contributed by atoms with Gasteiger partial charge in [-0.25, -0.2) is 4.79 Å². The fourth-order valence-electron chi connectivity index (χ4n) is 2.85. The number of primary amides is 1. The standard InChI is InChI=1S/C24H25N3O3/c25-23(28)21-10-6-19(7-11-21)16-27-24(29)26-15-14-18-8-12-22(13-9-18)30-17-20-4-2-1-3-5-20/h1-13H,14-17H2,(H2,25,28)(H2,26,27,29). The molecule has 0 aliphatic carbocycles. The fourth-order valence-corrected chi connectivity index (χ4v) is 2.85. The summed E-state index contributed by atoms with van der Waals surface area (Å²) in [7, 11) is 0. The molecular weight excluding hydrogens is 378 g/mol. The van der Waals surface area contributed by atoms with Gasteiger partial charge in [0.15, 0.2) is 0 Å². The smallest absolute Gasteiger partial charge is 0.315 e. The maximum Gasteiger partial charge on any atom is 0.315 e. The molecule has 0 saturated carbocycles. The molecule has 0 saturated heterocycles. The van der Waals surface area contributed by atoms with Crippen molar-refractivity contribution in [2.75, 3.05) is 6.54 Å². The first-order valence-corrected chi connectivity index (χ1v) is 9.76. The Morgan fingerprint density at radius 3 is 2.10 bits per heavy atom. The number of carbonyl (C=O) groups is 2. The molecule has 154 valence electrons. The summed E-state index contributed by atoms with van der Waals surface area (Å²) in [6, 6.07) is 24.5. The van der Waals surface area contributed by atoms with E-state index in [2.05, 4.69) is 10.6 Å². The first-order chi connectivity index (χ1) is 14.6. The Kier molecular flexibility index (Phi) is 7.44. The molecule has 0 aliphatic heterocycles. The van der Waals surface area contributed by atoms with Crippen LogP contribution < -0.4 is 21.1 Å². The number of amides is 3. The van der Waals surface area contributed by atoms with E-state index in [9.17, 15) is 9.59 Å². The van der Waals surface area contributed by atoms with E-state index in [1.807, 2.05) is 54.6 Å². The molecule has 0 aliphatic rings. The minimum atomic E-state index is -0.469. The number of nitrogens with two attached hydrogens (primary N) is 1. The molecule has 0 aromatic heterocycles. The third kappa shape index (κ3) is 6.67. The van der Waals surface area contributed by atoms with Crippen molar-refractivity contribution in [3.05, 3.63) is 101 Å². The molecule has 0 unspecified atom stereocenters. The van der Waals surface area contributed by atoms with Gasteiger partial charge in [-0.2, -0.15) is 0 Å². The summed E-state index contributed by atoms with van der Waals surface area (Å²) in [5.41, 5.74) is 8.79. The van der Waals surface area contributed by atoms with Gasteiger partial charge in [0, 0.05) is 18.7 Å². The second-order valence-electron chi connectivity index (χ2n) is 6.84. The number of hydrogen-bond acceptors (Lipinski definition) is 3. The number of benzene rings is 3. The molecule has 3 aromatic carbocycles. The molecule has 3 rings (SSSR count). The van der Waals surface area contributed by atoms with Crippen LogP contribution in [0.3, 0.4) is 0 Å².